The molecule has 0 radical (unpaired) electrons. The van der Waals surface area contributed by atoms with Gasteiger partial charge in [0.2, 0.25) is 5.91 Å². The van der Waals surface area contributed by atoms with Crippen molar-refractivity contribution >= 4 is 5.91 Å². The fraction of sp³-hybridized carbons (Fsp3) is 0.929. The first kappa shape index (κ1) is 14.8. The molecule has 1 aliphatic heterocycles. The van der Waals surface area contributed by atoms with Crippen molar-refractivity contribution in [2.24, 2.45) is 11.1 Å². The van der Waals surface area contributed by atoms with E-state index in [2.05, 4.69) is 4.90 Å². The lowest BCUT2D eigenvalue weighted by molar-refractivity contribution is -0.136. The van der Waals surface area contributed by atoms with E-state index in [1.807, 2.05) is 19.0 Å². The van der Waals surface area contributed by atoms with Gasteiger partial charge in [0.1, 0.15) is 0 Å². The third-order valence-corrected chi connectivity index (χ3v) is 4.66. The molecule has 5 heteroatoms. The summed E-state index contributed by atoms with van der Waals surface area (Å²) in [5, 5.41) is 9.82. The average Bonchev–Trinajstić information content (AvgIpc) is 2.63. The molecular weight excluding hydrogens is 242 g/mol. The summed E-state index contributed by atoms with van der Waals surface area (Å²) in [5.41, 5.74) is 5.88. The molecular formula is C14H27N3O2. The number of nitrogens with two attached hydrogens (primary N) is 1. The zero-order chi connectivity index (χ0) is 14.0. The Morgan fingerprint density at radius 1 is 1.47 bits per heavy atom. The summed E-state index contributed by atoms with van der Waals surface area (Å²) in [6.45, 7) is 1.91. The number of carbonyl (C=O) groups is 1. The predicted molar refractivity (Wildman–Crippen MR) is 74.6 cm³/mol. The van der Waals surface area contributed by atoms with Crippen LogP contribution in [0, 0.1) is 5.41 Å². The summed E-state index contributed by atoms with van der Waals surface area (Å²) in [7, 11) is 4.00. The Bertz CT molecular complexity index is 323. The largest absolute Gasteiger partial charge is 0.391 e. The summed E-state index contributed by atoms with van der Waals surface area (Å²) in [6, 6.07) is 0.146. The lowest BCUT2D eigenvalue weighted by Crippen LogP contribution is -2.46. The summed E-state index contributed by atoms with van der Waals surface area (Å²) in [5.74, 6) is 0.175. The van der Waals surface area contributed by atoms with Crippen molar-refractivity contribution in [1.29, 1.82) is 0 Å². The molecule has 0 aromatic heterocycles. The summed E-state index contributed by atoms with van der Waals surface area (Å²) in [6.07, 6.45) is 4.21. The van der Waals surface area contributed by atoms with Crippen LogP contribution in [0.25, 0.3) is 0 Å². The van der Waals surface area contributed by atoms with E-state index in [0.29, 0.717) is 25.9 Å². The second-order valence-corrected chi connectivity index (χ2v) is 6.59. The van der Waals surface area contributed by atoms with Gasteiger partial charge in [0, 0.05) is 25.6 Å². The van der Waals surface area contributed by atoms with E-state index < -0.39 is 0 Å². The monoisotopic (exact) mass is 269 g/mol. The lowest BCUT2D eigenvalue weighted by atomic mass is 9.66. The molecule has 2 unspecified atom stereocenters. The normalized spacial score (nSPS) is 29.6. The molecule has 2 rings (SSSR count). The minimum Gasteiger partial charge on any atom is -0.391 e. The average molecular weight is 269 g/mol. The highest BCUT2D eigenvalue weighted by molar-refractivity contribution is 5.78. The first-order valence-electron chi connectivity index (χ1n) is 7.28. The summed E-state index contributed by atoms with van der Waals surface area (Å²) >= 11 is 0. The number of hydrogen-bond acceptors (Lipinski definition) is 4. The number of carbonyl (C=O) groups excluding carboxylic acids is 1. The predicted octanol–water partition coefficient (Wildman–Crippen LogP) is 0.0289. The maximum Gasteiger partial charge on any atom is 0.223 e. The fourth-order valence-electron chi connectivity index (χ4n) is 3.34. The number of likely N-dealkylation sites (N-methyl/N-ethyl adjacent to an activating group) is 1. The van der Waals surface area contributed by atoms with Gasteiger partial charge in [-0.25, -0.2) is 0 Å². The smallest absolute Gasteiger partial charge is 0.223 e. The molecule has 2 aliphatic rings. The van der Waals surface area contributed by atoms with E-state index >= 15 is 0 Å². The first-order valence-corrected chi connectivity index (χ1v) is 7.28. The molecule has 0 spiro atoms. The first-order chi connectivity index (χ1) is 8.96. The summed E-state index contributed by atoms with van der Waals surface area (Å²) in [4.78, 5) is 16.4. The van der Waals surface area contributed by atoms with Gasteiger partial charge in [0.25, 0.3) is 0 Å². The third kappa shape index (κ3) is 3.27. The number of nitrogens with zero attached hydrogens (tertiary/aromatic N) is 2. The summed E-state index contributed by atoms with van der Waals surface area (Å²) < 4.78 is 0. The molecule has 110 valence electrons. The van der Waals surface area contributed by atoms with Crippen LogP contribution in [0.2, 0.25) is 0 Å². The molecule has 0 aromatic carbocycles. The van der Waals surface area contributed by atoms with Gasteiger partial charge in [-0.3, -0.25) is 4.79 Å². The van der Waals surface area contributed by atoms with Gasteiger partial charge in [-0.2, -0.15) is 0 Å². The van der Waals surface area contributed by atoms with Gasteiger partial charge < -0.3 is 20.6 Å². The van der Waals surface area contributed by atoms with Crippen LogP contribution in [-0.4, -0.2) is 66.7 Å². The Morgan fingerprint density at radius 2 is 2.16 bits per heavy atom. The number of amides is 1. The van der Waals surface area contributed by atoms with Gasteiger partial charge >= 0.3 is 0 Å². The van der Waals surface area contributed by atoms with Gasteiger partial charge in [0.15, 0.2) is 0 Å². The van der Waals surface area contributed by atoms with Crippen molar-refractivity contribution in [2.75, 3.05) is 33.7 Å². The zero-order valence-electron chi connectivity index (χ0n) is 12.1. The highest BCUT2D eigenvalue weighted by Gasteiger charge is 2.41. The Kier molecular flexibility index (Phi) is 4.48. The molecule has 19 heavy (non-hydrogen) atoms. The second kappa shape index (κ2) is 5.77. The SMILES string of the molecule is CN(C)CC1CC(O)CN1C(=O)CC1(CN)CCC1. The second-order valence-electron chi connectivity index (χ2n) is 6.59. The molecule has 5 nitrogen and oxygen atoms in total. The number of likely N-dealkylation sites (tertiary alicyclic amines) is 1. The van der Waals surface area contributed by atoms with Crippen LogP contribution in [0.15, 0.2) is 0 Å². The Labute approximate surface area is 115 Å². The van der Waals surface area contributed by atoms with Crippen LogP contribution >= 0.6 is 0 Å². The minimum atomic E-state index is -0.371. The van der Waals surface area contributed by atoms with Gasteiger partial charge in [-0.05, 0) is 45.3 Å². The molecule has 0 bridgehead atoms. The van der Waals surface area contributed by atoms with Crippen molar-refractivity contribution in [2.45, 2.75) is 44.2 Å². The Hall–Kier alpha value is -0.650. The Morgan fingerprint density at radius 3 is 2.63 bits per heavy atom. The molecule has 1 aliphatic carbocycles. The van der Waals surface area contributed by atoms with Gasteiger partial charge in [0.05, 0.1) is 6.10 Å². The molecule has 2 atom stereocenters. The van der Waals surface area contributed by atoms with Crippen LogP contribution in [0.1, 0.15) is 32.1 Å². The molecule has 3 N–H and O–H groups in total. The molecule has 1 heterocycles. The fourth-order valence-corrected chi connectivity index (χ4v) is 3.34. The maximum atomic E-state index is 12.5. The third-order valence-electron chi connectivity index (χ3n) is 4.66. The van der Waals surface area contributed by atoms with E-state index in [-0.39, 0.29) is 23.5 Å². The standard InChI is InChI=1S/C14H27N3O2/c1-16(2)8-11-6-12(18)9-17(11)13(19)7-14(10-15)4-3-5-14/h11-12,18H,3-10,15H2,1-2H3. The van der Waals surface area contributed by atoms with Crippen molar-refractivity contribution in [3.8, 4) is 0 Å². The molecule has 1 saturated heterocycles. The molecule has 0 aromatic rings. The van der Waals surface area contributed by atoms with Gasteiger partial charge in [-0.15, -0.1) is 0 Å². The lowest BCUT2D eigenvalue weighted by Gasteiger charge is -2.42. The van der Waals surface area contributed by atoms with Crippen LogP contribution in [-0.2, 0) is 4.79 Å². The topological polar surface area (TPSA) is 69.8 Å². The highest BCUT2D eigenvalue weighted by Crippen LogP contribution is 2.43. The van der Waals surface area contributed by atoms with Crippen molar-refractivity contribution < 1.29 is 9.90 Å². The highest BCUT2D eigenvalue weighted by atomic mass is 16.3. The molecule has 1 amide bonds. The van der Waals surface area contributed by atoms with Crippen LogP contribution in [0.3, 0.4) is 0 Å². The van der Waals surface area contributed by atoms with Crippen LogP contribution in [0.4, 0.5) is 0 Å². The van der Waals surface area contributed by atoms with E-state index in [1.165, 1.54) is 6.42 Å². The number of hydrogen-bond donors (Lipinski definition) is 2. The number of rotatable bonds is 5. The quantitative estimate of drug-likeness (QED) is 0.739. The van der Waals surface area contributed by atoms with E-state index in [9.17, 15) is 9.90 Å². The molecule has 2 fully saturated rings. The van der Waals surface area contributed by atoms with Crippen molar-refractivity contribution in [3.63, 3.8) is 0 Å². The molecule has 1 saturated carbocycles. The van der Waals surface area contributed by atoms with E-state index in [0.717, 1.165) is 19.4 Å². The minimum absolute atomic E-state index is 0.0489. The zero-order valence-corrected chi connectivity index (χ0v) is 12.1. The number of aliphatic hydroxyl groups excluding tert-OH is 1. The van der Waals surface area contributed by atoms with Gasteiger partial charge in [-0.1, -0.05) is 6.42 Å². The number of aliphatic hydroxyl groups is 1. The van der Waals surface area contributed by atoms with Crippen LogP contribution < -0.4 is 5.73 Å². The van der Waals surface area contributed by atoms with E-state index in [1.54, 1.807) is 0 Å². The Balaban J connectivity index is 1.96. The van der Waals surface area contributed by atoms with Crippen molar-refractivity contribution in [1.82, 2.24) is 9.80 Å². The van der Waals surface area contributed by atoms with Crippen LogP contribution in [0.5, 0.6) is 0 Å². The van der Waals surface area contributed by atoms with Crippen molar-refractivity contribution in [3.05, 3.63) is 0 Å². The maximum absolute atomic E-state index is 12.5. The van der Waals surface area contributed by atoms with E-state index in [4.69, 9.17) is 5.73 Å². The number of β-amino-alcohol motifs (C(OH)–C–C–N with tert-alkyl or cyclic N) is 1.